The molecule has 0 atom stereocenters. The summed E-state index contributed by atoms with van der Waals surface area (Å²) in [5.41, 5.74) is 1.03. The summed E-state index contributed by atoms with van der Waals surface area (Å²) in [5.74, 6) is 2.01. The zero-order chi connectivity index (χ0) is 14.9. The minimum absolute atomic E-state index is 0.431. The fourth-order valence-corrected chi connectivity index (χ4v) is 4.18. The van der Waals surface area contributed by atoms with Gasteiger partial charge in [0, 0.05) is 24.5 Å². The smallest absolute Gasteiger partial charge is 0.232 e. The SMILES string of the molecule is Cc1nc(Cc2noc(C3CN(C4CCCCC4)C3)n2)cs1. The minimum Gasteiger partial charge on any atom is -0.339 e. The lowest BCUT2D eigenvalue weighted by Crippen LogP contribution is -2.51. The molecule has 1 saturated carbocycles. The molecule has 0 spiro atoms. The molecule has 2 aromatic heterocycles. The van der Waals surface area contributed by atoms with Gasteiger partial charge < -0.3 is 4.52 Å². The van der Waals surface area contributed by atoms with Gasteiger partial charge in [-0.2, -0.15) is 4.98 Å². The van der Waals surface area contributed by atoms with Crippen LogP contribution in [0.3, 0.4) is 0 Å². The predicted octanol–water partition coefficient (Wildman–Crippen LogP) is 3.16. The quantitative estimate of drug-likeness (QED) is 0.867. The van der Waals surface area contributed by atoms with Gasteiger partial charge in [0.1, 0.15) is 0 Å². The lowest BCUT2D eigenvalue weighted by atomic mass is 9.89. The molecule has 2 aliphatic rings. The molecule has 0 bridgehead atoms. The van der Waals surface area contributed by atoms with Gasteiger partial charge >= 0.3 is 0 Å². The fourth-order valence-electron chi connectivity index (χ4n) is 3.57. The molecule has 5 nitrogen and oxygen atoms in total. The van der Waals surface area contributed by atoms with Crippen molar-refractivity contribution in [2.45, 2.75) is 57.4 Å². The third-order valence-electron chi connectivity index (χ3n) is 4.84. The summed E-state index contributed by atoms with van der Waals surface area (Å²) >= 11 is 1.66. The van der Waals surface area contributed by atoms with Gasteiger partial charge in [0.05, 0.1) is 23.0 Å². The molecule has 0 unspecified atom stereocenters. The molecule has 0 N–H and O–H groups in total. The predicted molar refractivity (Wildman–Crippen MR) is 85.1 cm³/mol. The largest absolute Gasteiger partial charge is 0.339 e. The Labute approximate surface area is 134 Å². The Kier molecular flexibility index (Phi) is 3.96. The topological polar surface area (TPSA) is 55.1 Å². The first kappa shape index (κ1) is 14.3. The van der Waals surface area contributed by atoms with Crippen LogP contribution in [-0.2, 0) is 6.42 Å². The van der Waals surface area contributed by atoms with E-state index in [1.165, 1.54) is 32.1 Å². The highest BCUT2D eigenvalue weighted by atomic mass is 32.1. The zero-order valence-corrected chi connectivity index (χ0v) is 13.8. The van der Waals surface area contributed by atoms with Crippen molar-refractivity contribution in [3.8, 4) is 0 Å². The summed E-state index contributed by atoms with van der Waals surface area (Å²) in [4.78, 5) is 11.6. The molecule has 0 radical (unpaired) electrons. The van der Waals surface area contributed by atoms with E-state index in [4.69, 9.17) is 4.52 Å². The highest BCUT2D eigenvalue weighted by molar-refractivity contribution is 7.09. The van der Waals surface area contributed by atoms with Gasteiger partial charge in [-0.05, 0) is 19.8 Å². The van der Waals surface area contributed by atoms with Crippen molar-refractivity contribution in [3.05, 3.63) is 27.8 Å². The average molecular weight is 318 g/mol. The Morgan fingerprint density at radius 2 is 2.05 bits per heavy atom. The molecule has 1 aliphatic carbocycles. The molecule has 1 saturated heterocycles. The van der Waals surface area contributed by atoms with E-state index in [9.17, 15) is 0 Å². The van der Waals surface area contributed by atoms with Crippen LogP contribution in [0.5, 0.6) is 0 Å². The van der Waals surface area contributed by atoms with Crippen LogP contribution in [-0.4, -0.2) is 39.2 Å². The van der Waals surface area contributed by atoms with Crippen molar-refractivity contribution in [2.75, 3.05) is 13.1 Å². The fraction of sp³-hybridized carbons (Fsp3) is 0.688. The highest BCUT2D eigenvalue weighted by Crippen LogP contribution is 2.32. The van der Waals surface area contributed by atoms with Gasteiger partial charge in [-0.15, -0.1) is 11.3 Å². The van der Waals surface area contributed by atoms with E-state index in [1.54, 1.807) is 11.3 Å². The summed E-state index contributed by atoms with van der Waals surface area (Å²) in [5, 5.41) is 7.27. The highest BCUT2D eigenvalue weighted by Gasteiger charge is 2.36. The second-order valence-corrected chi connectivity index (χ2v) is 7.59. The molecule has 6 heteroatoms. The summed E-state index contributed by atoms with van der Waals surface area (Å²) in [6.45, 7) is 4.19. The Balaban J connectivity index is 1.33. The standard InChI is InChI=1S/C16H22N4OS/c1-11-17-13(10-22-11)7-15-18-16(21-19-15)12-8-20(9-12)14-5-3-2-4-6-14/h10,12,14H,2-9H2,1H3. The maximum Gasteiger partial charge on any atom is 0.232 e. The van der Waals surface area contributed by atoms with Crippen molar-refractivity contribution in [2.24, 2.45) is 0 Å². The molecule has 118 valence electrons. The molecule has 22 heavy (non-hydrogen) atoms. The summed E-state index contributed by atoms with van der Waals surface area (Å²) in [6.07, 6.45) is 7.60. The molecule has 3 heterocycles. The number of hydrogen-bond donors (Lipinski definition) is 0. The molecule has 4 rings (SSSR count). The lowest BCUT2D eigenvalue weighted by Gasteiger charge is -2.44. The van der Waals surface area contributed by atoms with Crippen molar-refractivity contribution in [3.63, 3.8) is 0 Å². The normalized spacial score (nSPS) is 21.1. The van der Waals surface area contributed by atoms with Crippen LogP contribution in [0.1, 0.15) is 60.4 Å². The number of nitrogens with zero attached hydrogens (tertiary/aromatic N) is 4. The monoisotopic (exact) mass is 318 g/mol. The van der Waals surface area contributed by atoms with Crippen LogP contribution in [0.25, 0.3) is 0 Å². The van der Waals surface area contributed by atoms with Crippen LogP contribution in [0.15, 0.2) is 9.90 Å². The number of thiazole rings is 1. The number of aromatic nitrogens is 3. The zero-order valence-electron chi connectivity index (χ0n) is 13.0. The van der Waals surface area contributed by atoms with E-state index < -0.39 is 0 Å². The first-order valence-corrected chi connectivity index (χ1v) is 9.13. The van der Waals surface area contributed by atoms with Crippen LogP contribution in [0.2, 0.25) is 0 Å². The third-order valence-corrected chi connectivity index (χ3v) is 5.66. The van der Waals surface area contributed by atoms with Crippen molar-refractivity contribution < 1.29 is 4.52 Å². The van der Waals surface area contributed by atoms with Gasteiger partial charge in [-0.1, -0.05) is 24.4 Å². The van der Waals surface area contributed by atoms with Crippen molar-refractivity contribution >= 4 is 11.3 Å². The molecule has 0 amide bonds. The van der Waals surface area contributed by atoms with E-state index >= 15 is 0 Å². The number of likely N-dealkylation sites (tertiary alicyclic amines) is 1. The average Bonchev–Trinajstić information content (AvgIpc) is 3.09. The third kappa shape index (κ3) is 2.94. The van der Waals surface area contributed by atoms with Crippen LogP contribution >= 0.6 is 11.3 Å². The molecule has 2 fully saturated rings. The van der Waals surface area contributed by atoms with E-state index in [0.717, 1.165) is 41.5 Å². The molecular formula is C16H22N4OS. The van der Waals surface area contributed by atoms with E-state index in [-0.39, 0.29) is 0 Å². The molecular weight excluding hydrogens is 296 g/mol. The first-order chi connectivity index (χ1) is 10.8. The second-order valence-electron chi connectivity index (χ2n) is 6.53. The lowest BCUT2D eigenvalue weighted by molar-refractivity contribution is 0.0563. The summed E-state index contributed by atoms with van der Waals surface area (Å²) < 4.78 is 5.47. The maximum absolute atomic E-state index is 5.47. The number of aryl methyl sites for hydroxylation is 1. The van der Waals surface area contributed by atoms with Crippen LogP contribution in [0, 0.1) is 6.92 Å². The summed E-state index contributed by atoms with van der Waals surface area (Å²) in [6, 6.07) is 0.797. The number of rotatable bonds is 4. The van der Waals surface area contributed by atoms with E-state index in [0.29, 0.717) is 12.3 Å². The second kappa shape index (κ2) is 6.08. The maximum atomic E-state index is 5.47. The van der Waals surface area contributed by atoms with Gasteiger partial charge in [-0.3, -0.25) is 4.90 Å². The Morgan fingerprint density at radius 3 is 2.77 bits per heavy atom. The Bertz CT molecular complexity index is 626. The molecule has 2 aromatic rings. The van der Waals surface area contributed by atoms with Gasteiger partial charge in [-0.25, -0.2) is 4.98 Å². The first-order valence-electron chi connectivity index (χ1n) is 8.25. The summed E-state index contributed by atoms with van der Waals surface area (Å²) in [7, 11) is 0. The molecule has 1 aliphatic heterocycles. The minimum atomic E-state index is 0.431. The van der Waals surface area contributed by atoms with Gasteiger partial charge in [0.2, 0.25) is 5.89 Å². The van der Waals surface area contributed by atoms with E-state index in [1.807, 2.05) is 6.92 Å². The van der Waals surface area contributed by atoms with Crippen LogP contribution < -0.4 is 0 Å². The van der Waals surface area contributed by atoms with Crippen LogP contribution in [0.4, 0.5) is 0 Å². The van der Waals surface area contributed by atoms with Gasteiger partial charge in [0.25, 0.3) is 0 Å². The van der Waals surface area contributed by atoms with Gasteiger partial charge in [0.15, 0.2) is 5.82 Å². The molecule has 0 aromatic carbocycles. The Morgan fingerprint density at radius 1 is 1.23 bits per heavy atom. The van der Waals surface area contributed by atoms with Crippen molar-refractivity contribution in [1.29, 1.82) is 0 Å². The Hall–Kier alpha value is -1.27. The van der Waals surface area contributed by atoms with E-state index in [2.05, 4.69) is 25.4 Å². The number of hydrogen-bond acceptors (Lipinski definition) is 6. The van der Waals surface area contributed by atoms with Crippen molar-refractivity contribution in [1.82, 2.24) is 20.0 Å².